The van der Waals surface area contributed by atoms with E-state index >= 15 is 0 Å². The Morgan fingerprint density at radius 2 is 1.75 bits per heavy atom. The van der Waals surface area contributed by atoms with Crippen molar-refractivity contribution in [2.24, 2.45) is 0 Å². The maximum Gasteiger partial charge on any atom is 0.258 e. The summed E-state index contributed by atoms with van der Waals surface area (Å²) in [5.74, 6) is 0. The number of fused-ring (bicyclic) bond motifs is 1. The molecule has 0 saturated heterocycles. The Bertz CT molecular complexity index is 819. The van der Waals surface area contributed by atoms with E-state index in [0.717, 1.165) is 22.0 Å². The van der Waals surface area contributed by atoms with Crippen LogP contribution in [0.25, 0.3) is 22.0 Å². The van der Waals surface area contributed by atoms with Gasteiger partial charge in [0.25, 0.3) is 5.56 Å². The molecular formula is C17H14ClNO. The Morgan fingerprint density at radius 3 is 2.45 bits per heavy atom. The predicted octanol–water partition coefficient (Wildman–Crippen LogP) is 4.34. The summed E-state index contributed by atoms with van der Waals surface area (Å²) < 4.78 is 1.80. The van der Waals surface area contributed by atoms with Crippen LogP contribution in [0.3, 0.4) is 0 Å². The molecule has 2 nitrogen and oxygen atoms in total. The summed E-state index contributed by atoms with van der Waals surface area (Å²) in [6, 6.07) is 17.3. The fourth-order valence-electron chi connectivity index (χ4n) is 2.47. The number of nitrogens with zero attached hydrogens (tertiary/aromatic N) is 1. The predicted molar refractivity (Wildman–Crippen MR) is 84.3 cm³/mol. The quantitative estimate of drug-likeness (QED) is 0.686. The van der Waals surface area contributed by atoms with E-state index in [2.05, 4.69) is 6.07 Å². The topological polar surface area (TPSA) is 22.0 Å². The fourth-order valence-corrected chi connectivity index (χ4v) is 2.60. The summed E-state index contributed by atoms with van der Waals surface area (Å²) in [7, 11) is 0. The third kappa shape index (κ3) is 2.12. The second-order valence-electron chi connectivity index (χ2n) is 4.67. The number of benzene rings is 2. The molecule has 0 radical (unpaired) electrons. The van der Waals surface area contributed by atoms with E-state index in [-0.39, 0.29) is 5.56 Å². The van der Waals surface area contributed by atoms with Gasteiger partial charge in [-0.15, -0.1) is 0 Å². The summed E-state index contributed by atoms with van der Waals surface area (Å²) in [6.45, 7) is 2.62. The lowest BCUT2D eigenvalue weighted by Crippen LogP contribution is -2.21. The average Bonchev–Trinajstić information content (AvgIpc) is 2.48. The molecule has 0 aliphatic heterocycles. The molecule has 0 N–H and O–H groups in total. The van der Waals surface area contributed by atoms with E-state index < -0.39 is 0 Å². The van der Waals surface area contributed by atoms with Gasteiger partial charge in [-0.3, -0.25) is 4.79 Å². The molecule has 0 saturated carbocycles. The van der Waals surface area contributed by atoms with Crippen molar-refractivity contribution in [2.75, 3.05) is 0 Å². The first kappa shape index (κ1) is 12.9. The normalized spacial score (nSPS) is 10.9. The lowest BCUT2D eigenvalue weighted by atomic mass is 10.1. The molecule has 0 unspecified atom stereocenters. The summed E-state index contributed by atoms with van der Waals surface area (Å²) in [5, 5.41) is 2.42. The molecule has 100 valence electrons. The number of aromatic nitrogens is 1. The Morgan fingerprint density at radius 1 is 1.05 bits per heavy atom. The van der Waals surface area contributed by atoms with E-state index in [9.17, 15) is 4.79 Å². The van der Waals surface area contributed by atoms with Crippen LogP contribution in [-0.2, 0) is 6.54 Å². The molecule has 0 spiro atoms. The van der Waals surface area contributed by atoms with Gasteiger partial charge in [0.1, 0.15) is 0 Å². The van der Waals surface area contributed by atoms with Gasteiger partial charge in [-0.1, -0.05) is 41.9 Å². The highest BCUT2D eigenvalue weighted by molar-refractivity contribution is 6.30. The standard InChI is InChI=1S/C17H14ClNO/c1-2-19-16(12-7-9-14(18)10-8-12)11-13-5-3-4-6-15(13)17(19)20/h3-11H,2H2,1H3. The van der Waals surface area contributed by atoms with E-state index in [0.29, 0.717) is 11.6 Å². The maximum atomic E-state index is 12.6. The zero-order valence-electron chi connectivity index (χ0n) is 11.1. The SMILES string of the molecule is CCn1c(-c2ccc(Cl)cc2)cc2ccccc2c1=O. The molecule has 1 heterocycles. The minimum absolute atomic E-state index is 0.0514. The zero-order chi connectivity index (χ0) is 14.1. The van der Waals surface area contributed by atoms with Crippen LogP contribution < -0.4 is 5.56 Å². The van der Waals surface area contributed by atoms with Gasteiger partial charge in [0, 0.05) is 17.0 Å². The molecule has 20 heavy (non-hydrogen) atoms. The van der Waals surface area contributed by atoms with Crippen molar-refractivity contribution in [3.05, 3.63) is 70.0 Å². The first-order chi connectivity index (χ1) is 9.70. The van der Waals surface area contributed by atoms with Gasteiger partial charge >= 0.3 is 0 Å². The van der Waals surface area contributed by atoms with Gasteiger partial charge in [-0.25, -0.2) is 0 Å². The number of hydrogen-bond donors (Lipinski definition) is 0. The van der Waals surface area contributed by atoms with Gasteiger partial charge < -0.3 is 4.57 Å². The zero-order valence-corrected chi connectivity index (χ0v) is 11.9. The first-order valence-corrected chi connectivity index (χ1v) is 6.97. The van der Waals surface area contributed by atoms with Gasteiger partial charge in [-0.05, 0) is 42.1 Å². The molecule has 0 aliphatic rings. The number of halogens is 1. The minimum Gasteiger partial charge on any atom is -0.308 e. The summed E-state index contributed by atoms with van der Waals surface area (Å²) in [6.07, 6.45) is 0. The van der Waals surface area contributed by atoms with Crippen molar-refractivity contribution in [3.8, 4) is 11.3 Å². The largest absolute Gasteiger partial charge is 0.308 e. The van der Waals surface area contributed by atoms with Crippen LogP contribution in [-0.4, -0.2) is 4.57 Å². The molecule has 0 amide bonds. The number of rotatable bonds is 2. The Hall–Kier alpha value is -2.06. The van der Waals surface area contributed by atoms with Crippen LogP contribution in [0.5, 0.6) is 0 Å². The molecule has 0 bridgehead atoms. The minimum atomic E-state index is 0.0514. The molecule has 0 atom stereocenters. The van der Waals surface area contributed by atoms with Crippen molar-refractivity contribution >= 4 is 22.4 Å². The van der Waals surface area contributed by atoms with Crippen LogP contribution in [0.15, 0.2) is 59.4 Å². The highest BCUT2D eigenvalue weighted by Crippen LogP contribution is 2.23. The molecular weight excluding hydrogens is 270 g/mol. The summed E-state index contributed by atoms with van der Waals surface area (Å²) >= 11 is 5.93. The third-order valence-corrected chi connectivity index (χ3v) is 3.73. The molecule has 2 aromatic carbocycles. The van der Waals surface area contributed by atoms with Gasteiger partial charge in [0.15, 0.2) is 0 Å². The molecule has 3 rings (SSSR count). The number of hydrogen-bond acceptors (Lipinski definition) is 1. The van der Waals surface area contributed by atoms with Gasteiger partial charge in [0.05, 0.1) is 5.69 Å². The van der Waals surface area contributed by atoms with E-state index in [4.69, 9.17) is 11.6 Å². The maximum absolute atomic E-state index is 12.6. The molecule has 0 fully saturated rings. The van der Waals surface area contributed by atoms with E-state index in [1.165, 1.54) is 0 Å². The Balaban J connectivity index is 2.34. The van der Waals surface area contributed by atoms with Crippen LogP contribution in [0.4, 0.5) is 0 Å². The van der Waals surface area contributed by atoms with Crippen molar-refractivity contribution < 1.29 is 0 Å². The molecule has 1 aromatic heterocycles. The van der Waals surface area contributed by atoms with Crippen LogP contribution >= 0.6 is 11.6 Å². The van der Waals surface area contributed by atoms with Crippen molar-refractivity contribution in [2.45, 2.75) is 13.5 Å². The first-order valence-electron chi connectivity index (χ1n) is 6.59. The molecule has 3 heteroatoms. The second kappa shape index (κ2) is 5.14. The van der Waals surface area contributed by atoms with Crippen LogP contribution in [0.1, 0.15) is 6.92 Å². The Kier molecular flexibility index (Phi) is 3.33. The third-order valence-electron chi connectivity index (χ3n) is 3.48. The van der Waals surface area contributed by atoms with Crippen molar-refractivity contribution in [3.63, 3.8) is 0 Å². The van der Waals surface area contributed by atoms with Gasteiger partial charge in [-0.2, -0.15) is 0 Å². The highest BCUT2D eigenvalue weighted by Gasteiger charge is 2.09. The fraction of sp³-hybridized carbons (Fsp3) is 0.118. The van der Waals surface area contributed by atoms with Crippen LogP contribution in [0.2, 0.25) is 5.02 Å². The summed E-state index contributed by atoms with van der Waals surface area (Å²) in [4.78, 5) is 12.6. The molecule has 0 aliphatic carbocycles. The van der Waals surface area contributed by atoms with E-state index in [1.807, 2.05) is 55.5 Å². The number of pyridine rings is 1. The van der Waals surface area contributed by atoms with Crippen molar-refractivity contribution in [1.82, 2.24) is 4.57 Å². The second-order valence-corrected chi connectivity index (χ2v) is 5.11. The smallest absolute Gasteiger partial charge is 0.258 e. The average molecular weight is 284 g/mol. The lowest BCUT2D eigenvalue weighted by Gasteiger charge is -2.13. The van der Waals surface area contributed by atoms with Gasteiger partial charge in [0.2, 0.25) is 0 Å². The van der Waals surface area contributed by atoms with Crippen LogP contribution in [0, 0.1) is 0 Å². The van der Waals surface area contributed by atoms with E-state index in [1.54, 1.807) is 4.57 Å². The lowest BCUT2D eigenvalue weighted by molar-refractivity contribution is 0.743. The summed E-state index contributed by atoms with van der Waals surface area (Å²) in [5.41, 5.74) is 1.97. The molecule has 3 aromatic rings. The van der Waals surface area contributed by atoms with Crippen molar-refractivity contribution in [1.29, 1.82) is 0 Å². The highest BCUT2D eigenvalue weighted by atomic mass is 35.5. The monoisotopic (exact) mass is 283 g/mol. The Labute approximate surface area is 122 Å².